The first-order valence-corrected chi connectivity index (χ1v) is 8.56. The lowest BCUT2D eigenvalue weighted by Crippen LogP contribution is -2.26. The largest absolute Gasteiger partial charge is 0.337 e. The van der Waals surface area contributed by atoms with Crippen molar-refractivity contribution in [1.29, 1.82) is 0 Å². The fourth-order valence-corrected chi connectivity index (χ4v) is 3.07. The number of carbonyl (C=O) groups is 1. The average Bonchev–Trinajstić information content (AvgIpc) is 2.96. The summed E-state index contributed by atoms with van der Waals surface area (Å²) in [6.07, 6.45) is 0. The fraction of sp³-hybridized carbons (Fsp3) is 0.200. The normalized spacial score (nSPS) is 10.8. The van der Waals surface area contributed by atoms with Gasteiger partial charge < -0.3 is 4.90 Å². The van der Waals surface area contributed by atoms with Gasteiger partial charge in [-0.1, -0.05) is 17.7 Å². The molecule has 0 aliphatic carbocycles. The summed E-state index contributed by atoms with van der Waals surface area (Å²) in [4.78, 5) is 14.1. The molecule has 26 heavy (non-hydrogen) atoms. The minimum Gasteiger partial charge on any atom is -0.337 e. The van der Waals surface area contributed by atoms with Gasteiger partial charge >= 0.3 is 0 Å². The highest BCUT2D eigenvalue weighted by atomic mass is 35.5. The van der Waals surface area contributed by atoms with Crippen molar-refractivity contribution in [3.63, 3.8) is 0 Å². The summed E-state index contributed by atoms with van der Waals surface area (Å²) in [7, 11) is 1.63. The predicted molar refractivity (Wildman–Crippen MR) is 100 cm³/mol. The number of nitrogens with zero attached hydrogens (tertiary/aromatic N) is 3. The smallest absolute Gasteiger partial charge is 0.253 e. The summed E-state index contributed by atoms with van der Waals surface area (Å²) < 4.78 is 15.8. The molecule has 0 unspecified atom stereocenters. The Bertz CT molecular complexity index is 930. The molecule has 6 heteroatoms. The second kappa shape index (κ2) is 7.30. The van der Waals surface area contributed by atoms with Crippen molar-refractivity contribution >= 4 is 17.5 Å². The third kappa shape index (κ3) is 3.63. The molecule has 2 aromatic carbocycles. The maximum Gasteiger partial charge on any atom is 0.253 e. The van der Waals surface area contributed by atoms with E-state index in [1.165, 1.54) is 11.0 Å². The molecule has 4 nitrogen and oxygen atoms in total. The van der Waals surface area contributed by atoms with Crippen LogP contribution in [0.2, 0.25) is 5.02 Å². The number of halogens is 2. The van der Waals surface area contributed by atoms with Gasteiger partial charge in [0.15, 0.2) is 0 Å². The van der Waals surface area contributed by atoms with E-state index in [1.54, 1.807) is 31.3 Å². The molecule has 1 amide bonds. The van der Waals surface area contributed by atoms with E-state index in [0.29, 0.717) is 16.1 Å². The first kappa shape index (κ1) is 18.1. The van der Waals surface area contributed by atoms with E-state index in [4.69, 9.17) is 11.6 Å². The van der Waals surface area contributed by atoms with E-state index in [0.717, 1.165) is 17.1 Å². The van der Waals surface area contributed by atoms with Gasteiger partial charge in [0, 0.05) is 35.4 Å². The van der Waals surface area contributed by atoms with Crippen LogP contribution in [0, 0.1) is 19.7 Å². The standard InChI is InChI=1S/C20H19ClFN3O/c1-13-11-14(2)25(23-13)16-9-7-15(8-10-16)20(26)24(3)12-17-18(21)5-4-6-19(17)22/h4-11H,12H2,1-3H3. The lowest BCUT2D eigenvalue weighted by Gasteiger charge is -2.18. The number of hydrogen-bond donors (Lipinski definition) is 0. The Morgan fingerprint density at radius 3 is 2.46 bits per heavy atom. The van der Waals surface area contributed by atoms with Crippen LogP contribution >= 0.6 is 11.6 Å². The maximum absolute atomic E-state index is 13.9. The Morgan fingerprint density at radius 1 is 1.19 bits per heavy atom. The third-order valence-electron chi connectivity index (χ3n) is 4.17. The van der Waals surface area contributed by atoms with Gasteiger partial charge in [-0.05, 0) is 56.3 Å². The van der Waals surface area contributed by atoms with Crippen LogP contribution in [0.5, 0.6) is 0 Å². The Kier molecular flexibility index (Phi) is 5.09. The van der Waals surface area contributed by atoms with Crippen LogP contribution in [0.15, 0.2) is 48.5 Å². The van der Waals surface area contributed by atoms with Gasteiger partial charge in [-0.25, -0.2) is 9.07 Å². The van der Waals surface area contributed by atoms with Crippen molar-refractivity contribution < 1.29 is 9.18 Å². The zero-order chi connectivity index (χ0) is 18.8. The molecule has 0 atom stereocenters. The van der Waals surface area contributed by atoms with Gasteiger partial charge in [0.1, 0.15) is 5.82 Å². The zero-order valence-corrected chi connectivity index (χ0v) is 15.6. The molecule has 0 fully saturated rings. The summed E-state index contributed by atoms with van der Waals surface area (Å²) in [6.45, 7) is 4.01. The minimum atomic E-state index is -0.419. The fourth-order valence-electron chi connectivity index (χ4n) is 2.85. The molecule has 3 rings (SSSR count). The first-order valence-electron chi connectivity index (χ1n) is 8.19. The van der Waals surface area contributed by atoms with Gasteiger partial charge in [0.05, 0.1) is 11.4 Å². The lowest BCUT2D eigenvalue weighted by molar-refractivity contribution is 0.0784. The molecule has 0 radical (unpaired) electrons. The van der Waals surface area contributed by atoms with Crippen LogP contribution in [0.1, 0.15) is 27.3 Å². The van der Waals surface area contributed by atoms with Crippen LogP contribution in [-0.2, 0) is 6.54 Å². The highest BCUT2D eigenvalue weighted by molar-refractivity contribution is 6.31. The molecule has 0 bridgehead atoms. The third-order valence-corrected chi connectivity index (χ3v) is 4.53. The molecule has 0 saturated carbocycles. The molecule has 134 valence electrons. The second-order valence-electron chi connectivity index (χ2n) is 6.25. The molecule has 0 aliphatic heterocycles. The summed E-state index contributed by atoms with van der Waals surface area (Å²) in [5.41, 5.74) is 3.67. The summed E-state index contributed by atoms with van der Waals surface area (Å²) >= 11 is 6.04. The Labute approximate surface area is 156 Å². The number of aryl methyl sites for hydroxylation is 2. The minimum absolute atomic E-state index is 0.101. The summed E-state index contributed by atoms with van der Waals surface area (Å²) in [6, 6.07) is 13.7. The molecule has 3 aromatic rings. The monoisotopic (exact) mass is 371 g/mol. The highest BCUT2D eigenvalue weighted by Crippen LogP contribution is 2.21. The van der Waals surface area contributed by atoms with Crippen molar-refractivity contribution in [3.05, 3.63) is 81.9 Å². The quantitative estimate of drug-likeness (QED) is 0.674. The van der Waals surface area contributed by atoms with Gasteiger partial charge in [0.25, 0.3) is 5.91 Å². The SMILES string of the molecule is Cc1cc(C)n(-c2ccc(C(=O)N(C)Cc3c(F)cccc3Cl)cc2)n1. The molecule has 0 saturated heterocycles. The number of benzene rings is 2. The second-order valence-corrected chi connectivity index (χ2v) is 6.65. The number of aromatic nitrogens is 2. The maximum atomic E-state index is 13.9. The van der Waals surface area contributed by atoms with Crippen LogP contribution < -0.4 is 0 Å². The van der Waals surface area contributed by atoms with E-state index in [2.05, 4.69) is 5.10 Å². The van der Waals surface area contributed by atoms with E-state index in [9.17, 15) is 9.18 Å². The first-order chi connectivity index (χ1) is 12.4. The van der Waals surface area contributed by atoms with Gasteiger partial charge in [-0.3, -0.25) is 4.79 Å². The van der Waals surface area contributed by atoms with Crippen molar-refractivity contribution in [2.75, 3.05) is 7.05 Å². The van der Waals surface area contributed by atoms with Gasteiger partial charge in [0.2, 0.25) is 0 Å². The average molecular weight is 372 g/mol. The molecular weight excluding hydrogens is 353 g/mol. The number of hydrogen-bond acceptors (Lipinski definition) is 2. The van der Waals surface area contributed by atoms with Crippen molar-refractivity contribution in [1.82, 2.24) is 14.7 Å². The number of amides is 1. The van der Waals surface area contributed by atoms with E-state index in [1.807, 2.05) is 36.7 Å². The number of carbonyl (C=O) groups excluding carboxylic acids is 1. The van der Waals surface area contributed by atoms with E-state index >= 15 is 0 Å². The van der Waals surface area contributed by atoms with E-state index in [-0.39, 0.29) is 12.5 Å². The van der Waals surface area contributed by atoms with Crippen LogP contribution in [0.3, 0.4) is 0 Å². The lowest BCUT2D eigenvalue weighted by atomic mass is 10.1. The van der Waals surface area contributed by atoms with Crippen LogP contribution in [0.25, 0.3) is 5.69 Å². The summed E-state index contributed by atoms with van der Waals surface area (Å²) in [5, 5.41) is 4.74. The molecular formula is C20H19ClFN3O. The van der Waals surface area contributed by atoms with Gasteiger partial charge in [-0.15, -0.1) is 0 Å². The molecule has 1 heterocycles. The molecule has 1 aromatic heterocycles. The van der Waals surface area contributed by atoms with Crippen LogP contribution in [-0.4, -0.2) is 27.6 Å². The topological polar surface area (TPSA) is 38.1 Å². The Balaban J connectivity index is 1.78. The van der Waals surface area contributed by atoms with Crippen LogP contribution in [0.4, 0.5) is 4.39 Å². The van der Waals surface area contributed by atoms with E-state index < -0.39 is 5.82 Å². The molecule has 0 aliphatic rings. The Hall–Kier alpha value is -2.66. The van der Waals surface area contributed by atoms with Crippen molar-refractivity contribution in [2.45, 2.75) is 20.4 Å². The van der Waals surface area contributed by atoms with Gasteiger partial charge in [-0.2, -0.15) is 5.10 Å². The van der Waals surface area contributed by atoms with Crippen molar-refractivity contribution in [3.8, 4) is 5.69 Å². The molecule has 0 N–H and O–H groups in total. The predicted octanol–water partition coefficient (Wildman–Crippen LogP) is 4.55. The number of rotatable bonds is 4. The van der Waals surface area contributed by atoms with Crippen molar-refractivity contribution in [2.24, 2.45) is 0 Å². The highest BCUT2D eigenvalue weighted by Gasteiger charge is 2.16. The Morgan fingerprint density at radius 2 is 1.88 bits per heavy atom. The summed E-state index contributed by atoms with van der Waals surface area (Å²) in [5.74, 6) is -0.624. The zero-order valence-electron chi connectivity index (χ0n) is 14.8. The molecule has 0 spiro atoms.